The van der Waals surface area contributed by atoms with Crippen LogP contribution < -0.4 is 10.1 Å². The van der Waals surface area contributed by atoms with Crippen LogP contribution in [-0.2, 0) is 14.8 Å². The number of nitrogens with one attached hydrogen (secondary N) is 1. The average Bonchev–Trinajstić information content (AvgIpc) is 2.72. The van der Waals surface area contributed by atoms with Crippen molar-refractivity contribution in [3.05, 3.63) is 54.6 Å². The molecule has 1 amide bonds. The molecule has 0 aliphatic rings. The molecule has 0 saturated heterocycles. The first kappa shape index (κ1) is 24.9. The maximum Gasteiger partial charge on any atom is 0.265 e. The van der Waals surface area contributed by atoms with Gasteiger partial charge in [-0.15, -0.1) is 0 Å². The molecule has 0 fully saturated rings. The van der Waals surface area contributed by atoms with Crippen LogP contribution in [0.4, 0.5) is 5.69 Å². The second kappa shape index (κ2) is 11.3. The summed E-state index contributed by atoms with van der Waals surface area (Å²) in [6.07, 6.45) is -0.134. The Hall–Kier alpha value is -2.38. The molecule has 2 rings (SSSR count). The maximum atomic E-state index is 13.1. The lowest BCUT2D eigenvalue weighted by Crippen LogP contribution is -2.37. The molecule has 0 bridgehead atoms. The maximum absolute atomic E-state index is 13.1. The molecule has 0 heterocycles. The topological polar surface area (TPSA) is 75.7 Å². The second-order valence-corrected chi connectivity index (χ2v) is 10.4. The van der Waals surface area contributed by atoms with Crippen LogP contribution in [0.15, 0.2) is 59.5 Å². The third-order valence-electron chi connectivity index (χ3n) is 4.58. The summed E-state index contributed by atoms with van der Waals surface area (Å²) in [5.74, 6) is 0.801. The molecular weight excluding hydrogens is 412 g/mol. The zero-order chi connectivity index (χ0) is 23.0. The molecule has 1 atom stereocenters. The summed E-state index contributed by atoms with van der Waals surface area (Å²) < 4.78 is 33.5. The summed E-state index contributed by atoms with van der Waals surface area (Å²) in [5, 5.41) is 2.81. The van der Waals surface area contributed by atoms with E-state index in [4.69, 9.17) is 4.74 Å². The number of para-hydroxylation sites is 1. The summed E-state index contributed by atoms with van der Waals surface area (Å²) in [7, 11) is -3.60. The molecule has 1 unspecified atom stereocenters. The fraction of sp³-hybridized carbons (Fsp3) is 0.458. The van der Waals surface area contributed by atoms with Crippen LogP contribution >= 0.6 is 0 Å². The number of hydrogen-bond acceptors (Lipinski definition) is 4. The van der Waals surface area contributed by atoms with Gasteiger partial charge >= 0.3 is 0 Å². The third kappa shape index (κ3) is 7.36. The smallest absolute Gasteiger partial charge is 0.265 e. The van der Waals surface area contributed by atoms with Crippen molar-refractivity contribution in [3.8, 4) is 5.75 Å². The molecule has 0 aliphatic heterocycles. The molecule has 0 aromatic heterocycles. The van der Waals surface area contributed by atoms with Crippen LogP contribution in [0, 0.1) is 11.8 Å². The number of rotatable bonds is 11. The summed E-state index contributed by atoms with van der Waals surface area (Å²) in [6.45, 7) is 10.8. The fourth-order valence-corrected chi connectivity index (χ4v) is 4.92. The van der Waals surface area contributed by atoms with E-state index in [0.717, 1.165) is 0 Å². The quantitative estimate of drug-likeness (QED) is 0.539. The van der Waals surface area contributed by atoms with Crippen molar-refractivity contribution in [1.29, 1.82) is 0 Å². The van der Waals surface area contributed by atoms with E-state index in [1.165, 1.54) is 16.4 Å². The van der Waals surface area contributed by atoms with Crippen molar-refractivity contribution >= 4 is 21.6 Å². The minimum atomic E-state index is -3.60. The summed E-state index contributed by atoms with van der Waals surface area (Å²) >= 11 is 0. The van der Waals surface area contributed by atoms with Crippen molar-refractivity contribution in [2.75, 3.05) is 18.4 Å². The zero-order valence-electron chi connectivity index (χ0n) is 19.0. The predicted molar refractivity (Wildman–Crippen MR) is 125 cm³/mol. The first-order valence-electron chi connectivity index (χ1n) is 10.8. The van der Waals surface area contributed by atoms with Crippen molar-refractivity contribution in [2.24, 2.45) is 11.8 Å². The highest BCUT2D eigenvalue weighted by Crippen LogP contribution is 2.21. The highest BCUT2D eigenvalue weighted by Gasteiger charge is 2.26. The molecule has 0 aliphatic carbocycles. The Labute approximate surface area is 186 Å². The van der Waals surface area contributed by atoms with E-state index in [1.807, 2.05) is 52.8 Å². The molecule has 1 N–H and O–H groups in total. The third-order valence-corrected chi connectivity index (χ3v) is 6.43. The largest absolute Gasteiger partial charge is 0.481 e. The Balaban J connectivity index is 2.11. The molecule has 0 radical (unpaired) electrons. The normalized spacial score (nSPS) is 12.9. The van der Waals surface area contributed by atoms with Gasteiger partial charge in [0, 0.05) is 18.8 Å². The highest BCUT2D eigenvalue weighted by molar-refractivity contribution is 7.89. The number of carbonyl (C=O) groups excluding carboxylic acids is 1. The van der Waals surface area contributed by atoms with E-state index in [1.54, 1.807) is 24.3 Å². The lowest BCUT2D eigenvalue weighted by molar-refractivity contribution is -0.122. The first-order valence-corrected chi connectivity index (χ1v) is 12.2. The number of carbonyl (C=O) groups is 1. The van der Waals surface area contributed by atoms with Gasteiger partial charge in [0.1, 0.15) is 5.75 Å². The molecular formula is C24H34N2O4S. The van der Waals surface area contributed by atoms with Crippen molar-refractivity contribution < 1.29 is 17.9 Å². The molecule has 31 heavy (non-hydrogen) atoms. The Morgan fingerprint density at radius 3 is 1.97 bits per heavy atom. The molecule has 7 heteroatoms. The van der Waals surface area contributed by atoms with Crippen LogP contribution in [0.3, 0.4) is 0 Å². The minimum Gasteiger partial charge on any atom is -0.481 e. The molecule has 0 spiro atoms. The lowest BCUT2D eigenvalue weighted by Gasteiger charge is -2.25. The molecule has 2 aromatic carbocycles. The number of hydrogen-bond donors (Lipinski definition) is 1. The summed E-state index contributed by atoms with van der Waals surface area (Å²) in [6, 6.07) is 15.5. The van der Waals surface area contributed by atoms with E-state index >= 15 is 0 Å². The van der Waals surface area contributed by atoms with E-state index in [0.29, 0.717) is 30.9 Å². The van der Waals surface area contributed by atoms with Gasteiger partial charge in [0.2, 0.25) is 10.0 Å². The predicted octanol–water partition coefficient (Wildman–Crippen LogP) is 4.79. The Morgan fingerprint density at radius 1 is 0.935 bits per heavy atom. The van der Waals surface area contributed by atoms with E-state index < -0.39 is 16.1 Å². The number of amides is 1. The number of anilines is 1. The fourth-order valence-electron chi connectivity index (χ4n) is 3.15. The first-order chi connectivity index (χ1) is 14.6. The van der Waals surface area contributed by atoms with Crippen LogP contribution in [0.1, 0.15) is 41.0 Å². The van der Waals surface area contributed by atoms with Gasteiger partial charge in [-0.25, -0.2) is 8.42 Å². The van der Waals surface area contributed by atoms with Gasteiger partial charge in [-0.2, -0.15) is 4.31 Å². The second-order valence-electron chi connectivity index (χ2n) is 8.45. The van der Waals surface area contributed by atoms with Gasteiger partial charge in [-0.1, -0.05) is 52.8 Å². The van der Waals surface area contributed by atoms with E-state index in [2.05, 4.69) is 5.32 Å². The number of ether oxygens (including phenoxy) is 1. The monoisotopic (exact) mass is 446 g/mol. The zero-order valence-corrected chi connectivity index (χ0v) is 19.9. The molecule has 0 saturated carbocycles. The number of nitrogens with zero attached hydrogens (tertiary/aromatic N) is 1. The lowest BCUT2D eigenvalue weighted by atomic mass is 10.2. The van der Waals surface area contributed by atoms with Gasteiger partial charge in [-0.3, -0.25) is 4.79 Å². The minimum absolute atomic E-state index is 0.222. The van der Waals surface area contributed by atoms with Gasteiger partial charge in [0.25, 0.3) is 5.91 Å². The van der Waals surface area contributed by atoms with Gasteiger partial charge < -0.3 is 10.1 Å². The van der Waals surface area contributed by atoms with Crippen LogP contribution in [0.5, 0.6) is 5.75 Å². The van der Waals surface area contributed by atoms with Crippen molar-refractivity contribution in [1.82, 2.24) is 4.31 Å². The Bertz CT molecular complexity index is 916. The summed E-state index contributed by atoms with van der Waals surface area (Å²) in [5.41, 5.74) is 0.526. The summed E-state index contributed by atoms with van der Waals surface area (Å²) in [4.78, 5) is 12.8. The van der Waals surface area contributed by atoms with Crippen molar-refractivity contribution in [3.63, 3.8) is 0 Å². The van der Waals surface area contributed by atoms with Crippen LogP contribution in [0.25, 0.3) is 0 Å². The highest BCUT2D eigenvalue weighted by atomic mass is 32.2. The average molecular weight is 447 g/mol. The van der Waals surface area contributed by atoms with Gasteiger partial charge in [0.05, 0.1) is 4.90 Å². The van der Waals surface area contributed by atoms with E-state index in [-0.39, 0.29) is 22.6 Å². The standard InChI is InChI=1S/C24H34N2O4S/c1-6-23(30-21-10-8-7-9-11-21)24(27)25-20-12-14-22(15-13-20)31(28,29)26(16-18(2)3)17-19(4)5/h7-15,18-19,23H,6,16-17H2,1-5H3,(H,25,27). The number of sulfonamides is 1. The Kier molecular flexibility index (Phi) is 9.07. The van der Waals surface area contributed by atoms with Crippen molar-refractivity contribution in [2.45, 2.75) is 52.0 Å². The van der Waals surface area contributed by atoms with Gasteiger partial charge in [0.15, 0.2) is 6.10 Å². The SMILES string of the molecule is CCC(Oc1ccccc1)C(=O)Nc1ccc(S(=O)(=O)N(CC(C)C)CC(C)C)cc1. The van der Waals surface area contributed by atoms with Crippen LogP contribution in [0.2, 0.25) is 0 Å². The Morgan fingerprint density at radius 2 is 1.48 bits per heavy atom. The molecule has 170 valence electrons. The van der Waals surface area contributed by atoms with E-state index in [9.17, 15) is 13.2 Å². The molecule has 2 aromatic rings. The number of benzene rings is 2. The van der Waals surface area contributed by atoms with Crippen LogP contribution in [-0.4, -0.2) is 37.8 Å². The van der Waals surface area contributed by atoms with Gasteiger partial charge in [-0.05, 0) is 54.7 Å². The molecule has 6 nitrogen and oxygen atoms in total.